The molecule has 0 saturated carbocycles. The molecule has 208 valence electrons. The van der Waals surface area contributed by atoms with Gasteiger partial charge in [-0.15, -0.1) is 0 Å². The van der Waals surface area contributed by atoms with Crippen LogP contribution in [0.4, 0.5) is 16.4 Å². The van der Waals surface area contributed by atoms with Crippen LogP contribution in [0, 0.1) is 0 Å². The van der Waals surface area contributed by atoms with E-state index < -0.39 is 5.60 Å². The molecule has 2 aromatic heterocycles. The van der Waals surface area contributed by atoms with Crippen molar-refractivity contribution in [1.82, 2.24) is 30.0 Å². The van der Waals surface area contributed by atoms with Gasteiger partial charge >= 0.3 is 6.03 Å². The predicted octanol–water partition coefficient (Wildman–Crippen LogP) is 4.44. The van der Waals surface area contributed by atoms with Gasteiger partial charge in [0, 0.05) is 18.0 Å². The fourth-order valence-electron chi connectivity index (χ4n) is 5.23. The number of amides is 2. The van der Waals surface area contributed by atoms with Gasteiger partial charge in [0.15, 0.2) is 0 Å². The number of aliphatic hydroxyl groups is 1. The van der Waals surface area contributed by atoms with Crippen molar-refractivity contribution in [3.05, 3.63) is 54.0 Å². The quantitative estimate of drug-likeness (QED) is 0.367. The Morgan fingerprint density at radius 1 is 1.23 bits per heavy atom. The van der Waals surface area contributed by atoms with Crippen molar-refractivity contribution in [2.75, 3.05) is 18.4 Å². The van der Waals surface area contributed by atoms with Crippen LogP contribution in [0.5, 0.6) is 0 Å². The zero-order chi connectivity index (χ0) is 27.6. The van der Waals surface area contributed by atoms with Gasteiger partial charge in [-0.3, -0.25) is 4.68 Å². The summed E-state index contributed by atoms with van der Waals surface area (Å²) in [5.41, 5.74) is 4.17. The molecule has 1 aliphatic carbocycles. The first kappa shape index (κ1) is 27.1. The van der Waals surface area contributed by atoms with Crippen molar-refractivity contribution in [2.24, 2.45) is 0 Å². The number of anilines is 2. The zero-order valence-corrected chi connectivity index (χ0v) is 23.2. The van der Waals surface area contributed by atoms with Crippen LogP contribution in [0.15, 0.2) is 42.9 Å². The molecule has 0 bridgehead atoms. The molecule has 1 atom stereocenters. The number of hydrogen-bond donors (Lipinski definition) is 3. The van der Waals surface area contributed by atoms with E-state index in [1.165, 1.54) is 11.1 Å². The van der Waals surface area contributed by atoms with Crippen LogP contribution in [-0.2, 0) is 17.7 Å². The van der Waals surface area contributed by atoms with Gasteiger partial charge < -0.3 is 25.4 Å². The Bertz CT molecular complexity index is 1290. The minimum Gasteiger partial charge on any atom is -0.389 e. The number of benzene rings is 1. The van der Waals surface area contributed by atoms with E-state index in [0.717, 1.165) is 42.6 Å². The zero-order valence-electron chi connectivity index (χ0n) is 23.2. The third kappa shape index (κ3) is 6.93. The topological polar surface area (TPSA) is 117 Å². The maximum absolute atomic E-state index is 12.9. The minimum absolute atomic E-state index is 0.00261. The lowest BCUT2D eigenvalue weighted by Gasteiger charge is -2.40. The summed E-state index contributed by atoms with van der Waals surface area (Å²) in [6, 6.07) is 8.30. The first-order valence-electron chi connectivity index (χ1n) is 13.8. The lowest BCUT2D eigenvalue weighted by molar-refractivity contribution is -0.0644. The normalized spacial score (nSPS) is 17.9. The maximum Gasteiger partial charge on any atom is 0.318 e. The molecule has 0 radical (unpaired) electrons. The molecule has 2 amide bonds. The van der Waals surface area contributed by atoms with Crippen LogP contribution in [0.2, 0.25) is 0 Å². The van der Waals surface area contributed by atoms with Gasteiger partial charge in [0.05, 0.1) is 61.1 Å². The van der Waals surface area contributed by atoms with Gasteiger partial charge in [0.1, 0.15) is 0 Å². The molecule has 1 saturated heterocycles. The Balaban J connectivity index is 1.27. The Morgan fingerprint density at radius 2 is 2.05 bits per heavy atom. The summed E-state index contributed by atoms with van der Waals surface area (Å²) in [7, 11) is 0. The molecule has 10 nitrogen and oxygen atoms in total. The monoisotopic (exact) mass is 533 g/mol. The fraction of sp³-hybridized carbons (Fsp3) is 0.517. The van der Waals surface area contributed by atoms with Gasteiger partial charge in [-0.1, -0.05) is 18.6 Å². The molecule has 1 fully saturated rings. The van der Waals surface area contributed by atoms with Crippen molar-refractivity contribution < 1.29 is 14.6 Å². The largest absolute Gasteiger partial charge is 0.389 e. The summed E-state index contributed by atoms with van der Waals surface area (Å²) in [5, 5.41) is 20.8. The second-order valence-corrected chi connectivity index (χ2v) is 11.5. The van der Waals surface area contributed by atoms with E-state index in [9.17, 15) is 9.90 Å². The van der Waals surface area contributed by atoms with Crippen LogP contribution in [0.3, 0.4) is 0 Å². The van der Waals surface area contributed by atoms with E-state index in [1.807, 2.05) is 31.0 Å². The lowest BCUT2D eigenvalue weighted by Crippen LogP contribution is -2.58. The summed E-state index contributed by atoms with van der Waals surface area (Å²) in [6.07, 6.45) is 9.62. The molecule has 3 N–H and O–H groups in total. The molecule has 1 unspecified atom stereocenters. The number of urea groups is 1. The Morgan fingerprint density at radius 3 is 2.82 bits per heavy atom. The second kappa shape index (κ2) is 11.3. The van der Waals surface area contributed by atoms with Crippen LogP contribution >= 0.6 is 0 Å². The highest BCUT2D eigenvalue weighted by atomic mass is 16.5. The third-order valence-electron chi connectivity index (χ3n) is 6.99. The molecule has 0 spiro atoms. The molecule has 3 heterocycles. The highest BCUT2D eigenvalue weighted by Gasteiger charge is 2.33. The third-order valence-corrected chi connectivity index (χ3v) is 6.99. The summed E-state index contributed by atoms with van der Waals surface area (Å²) in [6.45, 7) is 9.21. The van der Waals surface area contributed by atoms with Crippen LogP contribution in [0.1, 0.15) is 64.1 Å². The molecule has 5 rings (SSSR count). The average Bonchev–Trinajstić information content (AvgIpc) is 3.17. The number of likely N-dealkylation sites (tertiary alicyclic amines) is 1. The summed E-state index contributed by atoms with van der Waals surface area (Å²) in [5.74, 6) is 0.477. The number of aromatic nitrogens is 4. The van der Waals surface area contributed by atoms with E-state index in [4.69, 9.17) is 9.72 Å². The van der Waals surface area contributed by atoms with Crippen LogP contribution in [0.25, 0.3) is 11.3 Å². The van der Waals surface area contributed by atoms with Gasteiger partial charge in [0.25, 0.3) is 0 Å². The molecule has 1 aliphatic heterocycles. The van der Waals surface area contributed by atoms with E-state index in [1.54, 1.807) is 30.9 Å². The molecule has 1 aromatic carbocycles. The number of hydrogen-bond acceptors (Lipinski definition) is 7. The SMILES string of the molecule is CC(C)OC1CN(C(=O)NC2CCCCc3cc(-c4ccnc(Nc5cnn(CC(C)(C)O)c5)n4)ccc32)C1. The number of rotatable bonds is 8. The molecular formula is C29H39N7O3. The lowest BCUT2D eigenvalue weighted by atomic mass is 9.95. The van der Waals surface area contributed by atoms with E-state index in [0.29, 0.717) is 25.6 Å². The standard InChI is InChI=1S/C29H39N7O3/c1-19(2)39-23-16-35(17-23)28(37)34-26-8-6-5-7-20-13-21(9-10-24(20)26)25-11-12-30-27(33-25)32-22-14-31-36(15-22)18-29(3,4)38/h9-15,19,23,26,38H,5-8,16-18H2,1-4H3,(H,34,37)(H,30,32,33). The number of aryl methyl sites for hydroxylation is 1. The summed E-state index contributed by atoms with van der Waals surface area (Å²) in [4.78, 5) is 23.8. The van der Waals surface area contributed by atoms with Gasteiger partial charge in [-0.05, 0) is 70.2 Å². The van der Waals surface area contributed by atoms with Crippen molar-refractivity contribution >= 4 is 17.7 Å². The van der Waals surface area contributed by atoms with Crippen molar-refractivity contribution in [1.29, 1.82) is 0 Å². The minimum atomic E-state index is -0.854. The summed E-state index contributed by atoms with van der Waals surface area (Å²) < 4.78 is 7.49. The predicted molar refractivity (Wildman–Crippen MR) is 150 cm³/mol. The van der Waals surface area contributed by atoms with Crippen LogP contribution < -0.4 is 10.6 Å². The van der Waals surface area contributed by atoms with Crippen LogP contribution in [-0.4, -0.2) is 66.7 Å². The van der Waals surface area contributed by atoms with Crippen molar-refractivity contribution in [2.45, 2.75) is 83.8 Å². The highest BCUT2D eigenvalue weighted by Crippen LogP contribution is 2.32. The van der Waals surface area contributed by atoms with E-state index in [-0.39, 0.29) is 24.3 Å². The molecule has 3 aromatic rings. The second-order valence-electron chi connectivity index (χ2n) is 11.5. The van der Waals surface area contributed by atoms with E-state index in [2.05, 4.69) is 38.9 Å². The number of nitrogens with one attached hydrogen (secondary N) is 2. The first-order chi connectivity index (χ1) is 18.6. The number of nitrogens with zero attached hydrogens (tertiary/aromatic N) is 5. The molecule has 2 aliphatic rings. The number of carbonyl (C=O) groups is 1. The first-order valence-corrected chi connectivity index (χ1v) is 13.8. The number of carbonyl (C=O) groups excluding carboxylic acids is 1. The Labute approximate surface area is 229 Å². The molecule has 39 heavy (non-hydrogen) atoms. The van der Waals surface area contributed by atoms with Gasteiger partial charge in [0.2, 0.25) is 5.95 Å². The average molecular weight is 534 g/mol. The number of fused-ring (bicyclic) bond motifs is 1. The van der Waals surface area contributed by atoms with Crippen molar-refractivity contribution in [3.63, 3.8) is 0 Å². The smallest absolute Gasteiger partial charge is 0.318 e. The summed E-state index contributed by atoms with van der Waals surface area (Å²) >= 11 is 0. The van der Waals surface area contributed by atoms with Crippen molar-refractivity contribution in [3.8, 4) is 11.3 Å². The number of ether oxygens (including phenoxy) is 1. The molecule has 10 heteroatoms. The van der Waals surface area contributed by atoms with Gasteiger partial charge in [-0.25, -0.2) is 14.8 Å². The molecular weight excluding hydrogens is 494 g/mol. The van der Waals surface area contributed by atoms with E-state index >= 15 is 0 Å². The highest BCUT2D eigenvalue weighted by molar-refractivity contribution is 5.76. The fourth-order valence-corrected chi connectivity index (χ4v) is 5.23. The van der Waals surface area contributed by atoms with Gasteiger partial charge in [-0.2, -0.15) is 5.10 Å². The Kier molecular flexibility index (Phi) is 7.86. The Hall–Kier alpha value is -3.50. The maximum atomic E-state index is 12.9.